The third-order valence-corrected chi connectivity index (χ3v) is 3.92. The predicted octanol–water partition coefficient (Wildman–Crippen LogP) is -0.0712. The smallest absolute Gasteiger partial charge is 0.242 e. The van der Waals surface area contributed by atoms with E-state index in [0.717, 1.165) is 6.20 Å². The van der Waals surface area contributed by atoms with Gasteiger partial charge in [-0.3, -0.25) is 4.79 Å². The molecule has 9 heteroatoms. The Bertz CT molecular complexity index is 561. The number of rotatable bonds is 5. The largest absolute Gasteiger partial charge is 0.372 e. The van der Waals surface area contributed by atoms with Crippen LogP contribution >= 0.6 is 11.6 Å². The molecule has 1 rings (SSSR count). The minimum atomic E-state index is -3.88. The van der Waals surface area contributed by atoms with Gasteiger partial charge in [-0.25, -0.2) is 13.4 Å². The molecule has 1 atom stereocenters. The van der Waals surface area contributed by atoms with Crippen LogP contribution in [-0.4, -0.2) is 32.4 Å². The average Bonchev–Trinajstić information content (AvgIpc) is 2.28. The summed E-state index contributed by atoms with van der Waals surface area (Å²) in [7, 11) is -2.27. The number of carbonyl (C=O) groups excluding carboxylic acids is 1. The van der Waals surface area contributed by atoms with Gasteiger partial charge in [0.15, 0.2) is 0 Å². The second-order valence-corrected chi connectivity index (χ2v) is 5.62. The molecule has 18 heavy (non-hydrogen) atoms. The molecule has 4 N–H and O–H groups in total. The van der Waals surface area contributed by atoms with Gasteiger partial charge in [-0.15, -0.1) is 0 Å². The minimum Gasteiger partial charge on any atom is -0.372 e. The highest BCUT2D eigenvalue weighted by atomic mass is 35.5. The molecule has 1 aromatic heterocycles. The first-order chi connectivity index (χ1) is 8.27. The van der Waals surface area contributed by atoms with E-state index in [0.29, 0.717) is 5.82 Å². The summed E-state index contributed by atoms with van der Waals surface area (Å²) in [5.41, 5.74) is 4.98. The zero-order valence-corrected chi connectivity index (χ0v) is 11.3. The van der Waals surface area contributed by atoms with E-state index in [1.54, 1.807) is 7.05 Å². The number of sulfonamides is 1. The van der Waals surface area contributed by atoms with E-state index in [-0.39, 0.29) is 9.92 Å². The SMILES string of the molecule is CNc1ncc(S(=O)(=O)NC(C)C(N)=O)cc1Cl. The summed E-state index contributed by atoms with van der Waals surface area (Å²) in [6, 6.07) is 0.217. The first-order valence-electron chi connectivity index (χ1n) is 4.93. The Morgan fingerprint density at radius 3 is 2.61 bits per heavy atom. The fourth-order valence-electron chi connectivity index (χ4n) is 1.11. The van der Waals surface area contributed by atoms with Gasteiger partial charge < -0.3 is 11.1 Å². The van der Waals surface area contributed by atoms with Gasteiger partial charge in [-0.2, -0.15) is 4.72 Å². The van der Waals surface area contributed by atoms with Gasteiger partial charge in [0.05, 0.1) is 11.1 Å². The Morgan fingerprint density at radius 2 is 2.17 bits per heavy atom. The van der Waals surface area contributed by atoms with Gasteiger partial charge in [-0.05, 0) is 13.0 Å². The quantitative estimate of drug-likeness (QED) is 0.703. The van der Waals surface area contributed by atoms with Gasteiger partial charge in [0.1, 0.15) is 10.7 Å². The number of hydrogen-bond donors (Lipinski definition) is 3. The van der Waals surface area contributed by atoms with Crippen molar-refractivity contribution in [1.82, 2.24) is 9.71 Å². The molecule has 100 valence electrons. The number of hydrogen-bond acceptors (Lipinski definition) is 5. The lowest BCUT2D eigenvalue weighted by molar-refractivity contribution is -0.119. The number of amides is 1. The molecule has 1 aromatic rings. The van der Waals surface area contributed by atoms with E-state index in [1.807, 2.05) is 0 Å². The highest BCUT2D eigenvalue weighted by Crippen LogP contribution is 2.21. The van der Waals surface area contributed by atoms with Gasteiger partial charge in [-0.1, -0.05) is 11.6 Å². The van der Waals surface area contributed by atoms with Crippen LogP contribution in [0.5, 0.6) is 0 Å². The molecular formula is C9H13ClN4O3S. The van der Waals surface area contributed by atoms with Gasteiger partial charge in [0.25, 0.3) is 0 Å². The highest BCUT2D eigenvalue weighted by molar-refractivity contribution is 7.89. The third-order valence-electron chi connectivity index (χ3n) is 2.12. The molecule has 0 aromatic carbocycles. The van der Waals surface area contributed by atoms with Crippen LogP contribution in [0, 0.1) is 0 Å². The van der Waals surface area contributed by atoms with Crippen molar-refractivity contribution < 1.29 is 13.2 Å². The van der Waals surface area contributed by atoms with Crippen LogP contribution in [0.15, 0.2) is 17.2 Å². The second-order valence-electron chi connectivity index (χ2n) is 3.50. The lowest BCUT2D eigenvalue weighted by atomic mass is 10.4. The van der Waals surface area contributed by atoms with E-state index in [2.05, 4.69) is 15.0 Å². The van der Waals surface area contributed by atoms with Gasteiger partial charge >= 0.3 is 0 Å². The molecule has 0 aliphatic heterocycles. The maximum absolute atomic E-state index is 11.9. The first-order valence-corrected chi connectivity index (χ1v) is 6.79. The lowest BCUT2D eigenvalue weighted by Gasteiger charge is -2.11. The highest BCUT2D eigenvalue weighted by Gasteiger charge is 2.21. The molecule has 7 nitrogen and oxygen atoms in total. The van der Waals surface area contributed by atoms with Crippen LogP contribution in [-0.2, 0) is 14.8 Å². The number of carbonyl (C=O) groups is 1. The number of primary amides is 1. The third kappa shape index (κ3) is 3.31. The van der Waals surface area contributed by atoms with Crippen molar-refractivity contribution in [3.8, 4) is 0 Å². The maximum atomic E-state index is 11.9. The van der Waals surface area contributed by atoms with E-state index < -0.39 is 22.0 Å². The summed E-state index contributed by atoms with van der Waals surface area (Å²) < 4.78 is 25.8. The van der Waals surface area contributed by atoms with Crippen LogP contribution in [0.1, 0.15) is 6.92 Å². The fraction of sp³-hybridized carbons (Fsp3) is 0.333. The van der Waals surface area contributed by atoms with Crippen molar-refractivity contribution in [2.45, 2.75) is 17.9 Å². The van der Waals surface area contributed by atoms with Crippen LogP contribution < -0.4 is 15.8 Å². The topological polar surface area (TPSA) is 114 Å². The molecule has 0 radical (unpaired) electrons. The van der Waals surface area contributed by atoms with Gasteiger partial charge in [0, 0.05) is 13.2 Å². The Morgan fingerprint density at radius 1 is 1.56 bits per heavy atom. The molecule has 0 fully saturated rings. The van der Waals surface area contributed by atoms with Crippen LogP contribution in [0.3, 0.4) is 0 Å². The lowest BCUT2D eigenvalue weighted by Crippen LogP contribution is -2.42. The number of nitrogens with zero attached hydrogens (tertiary/aromatic N) is 1. The van der Waals surface area contributed by atoms with Crippen molar-refractivity contribution in [3.05, 3.63) is 17.3 Å². The number of pyridine rings is 1. The summed E-state index contributed by atoms with van der Waals surface area (Å²) in [4.78, 5) is 14.5. The van der Waals surface area contributed by atoms with Crippen molar-refractivity contribution in [2.24, 2.45) is 5.73 Å². The van der Waals surface area contributed by atoms with Crippen LogP contribution in [0.25, 0.3) is 0 Å². The monoisotopic (exact) mass is 292 g/mol. The standard InChI is InChI=1S/C9H13ClN4O3S/c1-5(8(11)15)14-18(16,17)6-3-7(10)9(12-2)13-4-6/h3-5,14H,1-2H3,(H2,11,15)(H,12,13). The summed E-state index contributed by atoms with van der Waals surface area (Å²) >= 11 is 5.83. The van der Waals surface area contributed by atoms with Crippen LogP contribution in [0.4, 0.5) is 5.82 Å². The zero-order chi connectivity index (χ0) is 13.9. The number of aromatic nitrogens is 1. The summed E-state index contributed by atoms with van der Waals surface area (Å²) in [6.45, 7) is 1.34. The minimum absolute atomic E-state index is 0.139. The Kier molecular flexibility index (Phi) is 4.49. The molecular weight excluding hydrogens is 280 g/mol. The summed E-state index contributed by atoms with van der Waals surface area (Å²) in [5.74, 6) is -0.414. The Labute approximate surface area is 110 Å². The molecule has 0 aliphatic carbocycles. The molecule has 0 spiro atoms. The molecule has 0 saturated heterocycles. The van der Waals surface area contributed by atoms with E-state index in [1.165, 1.54) is 13.0 Å². The van der Waals surface area contributed by atoms with E-state index in [4.69, 9.17) is 17.3 Å². The Balaban J connectivity index is 3.06. The van der Waals surface area contributed by atoms with Crippen molar-refractivity contribution in [1.29, 1.82) is 0 Å². The van der Waals surface area contributed by atoms with E-state index in [9.17, 15) is 13.2 Å². The number of halogens is 1. The zero-order valence-electron chi connectivity index (χ0n) is 9.77. The maximum Gasteiger partial charge on any atom is 0.242 e. The normalized spacial score (nSPS) is 13.1. The van der Waals surface area contributed by atoms with Crippen LogP contribution in [0.2, 0.25) is 5.02 Å². The van der Waals surface area contributed by atoms with Crippen molar-refractivity contribution in [2.75, 3.05) is 12.4 Å². The second kappa shape index (κ2) is 5.51. The molecule has 0 aliphatic rings. The summed E-state index contributed by atoms with van der Waals surface area (Å²) in [5, 5.41) is 2.86. The average molecular weight is 293 g/mol. The van der Waals surface area contributed by atoms with E-state index >= 15 is 0 Å². The molecule has 1 heterocycles. The van der Waals surface area contributed by atoms with Crippen molar-refractivity contribution in [3.63, 3.8) is 0 Å². The number of anilines is 1. The molecule has 1 unspecified atom stereocenters. The molecule has 1 amide bonds. The van der Waals surface area contributed by atoms with Gasteiger partial charge in [0.2, 0.25) is 15.9 Å². The molecule has 0 bridgehead atoms. The molecule has 0 saturated carbocycles. The Hall–Kier alpha value is -1.38. The summed E-state index contributed by atoms with van der Waals surface area (Å²) in [6.07, 6.45) is 1.13. The number of nitrogens with one attached hydrogen (secondary N) is 2. The van der Waals surface area contributed by atoms with Crippen molar-refractivity contribution >= 4 is 33.3 Å². The fourth-order valence-corrected chi connectivity index (χ4v) is 2.62. The number of nitrogens with two attached hydrogens (primary N) is 1. The predicted molar refractivity (Wildman–Crippen MR) is 67.8 cm³/mol. The first kappa shape index (κ1) is 14.7.